The van der Waals surface area contributed by atoms with Crippen LogP contribution in [0.2, 0.25) is 5.02 Å². The summed E-state index contributed by atoms with van der Waals surface area (Å²) in [5, 5.41) is 10.8. The molecule has 2 fully saturated rings. The molecule has 0 radical (unpaired) electrons. The summed E-state index contributed by atoms with van der Waals surface area (Å²) in [5.41, 5.74) is 6.23. The number of carbonyl (C=O) groups excluding carboxylic acids is 1. The van der Waals surface area contributed by atoms with Crippen LogP contribution in [0.3, 0.4) is 0 Å². The van der Waals surface area contributed by atoms with Gasteiger partial charge in [-0.2, -0.15) is 5.10 Å². The molecule has 0 aliphatic carbocycles. The number of nitrogens with one attached hydrogen (secondary N) is 2. The Labute approximate surface area is 230 Å². The van der Waals surface area contributed by atoms with Crippen LogP contribution in [0, 0.1) is 20.8 Å². The van der Waals surface area contributed by atoms with Crippen LogP contribution in [-0.2, 0) is 11.2 Å². The number of amides is 1. The topological polar surface area (TPSA) is 90.0 Å². The van der Waals surface area contributed by atoms with Gasteiger partial charge in [0.1, 0.15) is 10.8 Å². The predicted molar refractivity (Wildman–Crippen MR) is 151 cm³/mol. The fraction of sp³-hybridized carbons (Fsp3) is 0.517. The second kappa shape index (κ2) is 11.8. The molecule has 0 unspecified atom stereocenters. The van der Waals surface area contributed by atoms with E-state index >= 15 is 0 Å². The summed E-state index contributed by atoms with van der Waals surface area (Å²) < 4.78 is 0. The molecule has 202 valence electrons. The van der Waals surface area contributed by atoms with Gasteiger partial charge in [-0.15, -0.1) is 0 Å². The van der Waals surface area contributed by atoms with Crippen molar-refractivity contribution in [3.05, 3.63) is 63.2 Å². The molecule has 2 aliphatic heterocycles. The molecule has 2 aliphatic rings. The van der Waals surface area contributed by atoms with Gasteiger partial charge in [0.25, 0.3) is 0 Å². The Kier molecular flexibility index (Phi) is 8.29. The van der Waals surface area contributed by atoms with Gasteiger partial charge >= 0.3 is 0 Å². The van der Waals surface area contributed by atoms with Crippen LogP contribution >= 0.6 is 11.6 Å². The molecule has 8 nitrogen and oxygen atoms in total. The number of anilines is 2. The lowest BCUT2D eigenvalue weighted by atomic mass is 9.84. The lowest BCUT2D eigenvalue weighted by Crippen LogP contribution is -2.37. The van der Waals surface area contributed by atoms with Gasteiger partial charge in [-0.1, -0.05) is 23.7 Å². The summed E-state index contributed by atoms with van der Waals surface area (Å²) in [6, 6.07) is 6.57. The van der Waals surface area contributed by atoms with Crippen molar-refractivity contribution in [2.45, 2.75) is 65.2 Å². The molecular weight excluding hydrogens is 498 g/mol. The molecule has 0 spiro atoms. The van der Waals surface area contributed by atoms with Gasteiger partial charge in [-0.05, 0) is 87.7 Å². The van der Waals surface area contributed by atoms with Gasteiger partial charge < -0.3 is 15.1 Å². The van der Waals surface area contributed by atoms with Crippen molar-refractivity contribution in [1.82, 2.24) is 30.0 Å². The normalized spacial score (nSPS) is 16.8. The van der Waals surface area contributed by atoms with E-state index in [-0.39, 0.29) is 0 Å². The van der Waals surface area contributed by atoms with E-state index in [1.807, 2.05) is 17.9 Å². The Bertz CT molecular complexity index is 1280. The zero-order chi connectivity index (χ0) is 26.6. The van der Waals surface area contributed by atoms with Gasteiger partial charge in [-0.3, -0.25) is 9.89 Å². The molecular formula is C29H38ClN7O. The zero-order valence-corrected chi connectivity index (χ0v) is 23.4. The Morgan fingerprint density at radius 3 is 2.55 bits per heavy atom. The van der Waals surface area contributed by atoms with Crippen molar-refractivity contribution in [3.8, 4) is 0 Å². The van der Waals surface area contributed by atoms with Crippen LogP contribution in [0.1, 0.15) is 71.8 Å². The Hall–Kier alpha value is -2.97. The largest absolute Gasteiger partial charge is 0.343 e. The number of aromatic amines is 1. The van der Waals surface area contributed by atoms with Crippen molar-refractivity contribution in [1.29, 1.82) is 0 Å². The van der Waals surface area contributed by atoms with Crippen LogP contribution in [0.4, 0.5) is 11.6 Å². The fourth-order valence-corrected chi connectivity index (χ4v) is 5.86. The third kappa shape index (κ3) is 6.35. The number of piperidine rings is 1. The highest BCUT2D eigenvalue weighted by Gasteiger charge is 2.24. The van der Waals surface area contributed by atoms with E-state index in [0.717, 1.165) is 69.9 Å². The summed E-state index contributed by atoms with van der Waals surface area (Å²) in [6.45, 7) is 11.2. The molecule has 3 aromatic rings. The Balaban J connectivity index is 1.19. The van der Waals surface area contributed by atoms with E-state index < -0.39 is 0 Å². The van der Waals surface area contributed by atoms with Gasteiger partial charge in [0.05, 0.1) is 6.20 Å². The molecule has 2 saturated heterocycles. The molecule has 0 bridgehead atoms. The number of rotatable bonds is 8. The molecule has 0 atom stereocenters. The summed E-state index contributed by atoms with van der Waals surface area (Å²) in [5.74, 6) is 2.84. The molecule has 1 amide bonds. The highest BCUT2D eigenvalue weighted by molar-refractivity contribution is 6.32. The number of benzene rings is 1. The smallest absolute Gasteiger partial charge is 0.223 e. The van der Waals surface area contributed by atoms with E-state index in [9.17, 15) is 4.79 Å². The van der Waals surface area contributed by atoms with Crippen LogP contribution in [0.25, 0.3) is 0 Å². The number of halogens is 1. The molecule has 38 heavy (non-hydrogen) atoms. The number of nitrogens with zero attached hydrogens (tertiary/aromatic N) is 5. The highest BCUT2D eigenvalue weighted by Crippen LogP contribution is 2.33. The summed E-state index contributed by atoms with van der Waals surface area (Å²) in [6.07, 6.45) is 7.54. The predicted octanol–water partition coefficient (Wildman–Crippen LogP) is 5.30. The van der Waals surface area contributed by atoms with Crippen LogP contribution in [0.15, 0.2) is 24.4 Å². The Morgan fingerprint density at radius 2 is 1.84 bits per heavy atom. The van der Waals surface area contributed by atoms with Crippen LogP contribution in [0.5, 0.6) is 0 Å². The minimum atomic E-state index is 0.329. The van der Waals surface area contributed by atoms with Gasteiger partial charge in [-0.25, -0.2) is 9.97 Å². The summed E-state index contributed by atoms with van der Waals surface area (Å²) in [7, 11) is 0. The van der Waals surface area contributed by atoms with Gasteiger partial charge in [0.15, 0.2) is 11.6 Å². The monoisotopic (exact) mass is 535 g/mol. The van der Waals surface area contributed by atoms with Crippen molar-refractivity contribution in [2.75, 3.05) is 38.0 Å². The summed E-state index contributed by atoms with van der Waals surface area (Å²) >= 11 is 6.35. The van der Waals surface area contributed by atoms with Gasteiger partial charge in [0.2, 0.25) is 5.91 Å². The highest BCUT2D eigenvalue weighted by atomic mass is 35.5. The van der Waals surface area contributed by atoms with E-state index in [4.69, 9.17) is 11.6 Å². The minimum absolute atomic E-state index is 0.329. The maximum absolute atomic E-state index is 12.4. The average molecular weight is 536 g/mol. The van der Waals surface area contributed by atoms with Crippen LogP contribution in [-0.4, -0.2) is 68.6 Å². The van der Waals surface area contributed by atoms with Crippen molar-refractivity contribution in [3.63, 3.8) is 0 Å². The molecule has 5 rings (SSSR count). The van der Waals surface area contributed by atoms with Crippen molar-refractivity contribution < 1.29 is 4.79 Å². The van der Waals surface area contributed by atoms with Crippen molar-refractivity contribution >= 4 is 29.1 Å². The third-order valence-electron chi connectivity index (χ3n) is 7.95. The lowest BCUT2D eigenvalue weighted by Gasteiger charge is -2.33. The molecule has 9 heteroatoms. The number of likely N-dealkylation sites (tertiary alicyclic amines) is 2. The maximum atomic E-state index is 12.4. The van der Waals surface area contributed by atoms with E-state index in [2.05, 4.69) is 56.4 Å². The molecule has 0 saturated carbocycles. The first-order valence-electron chi connectivity index (χ1n) is 13.8. The second-order valence-electron chi connectivity index (χ2n) is 10.8. The number of aromatic nitrogens is 4. The molecule has 2 aromatic heterocycles. The molecule has 1 aromatic carbocycles. The Morgan fingerprint density at radius 1 is 1.08 bits per heavy atom. The van der Waals surface area contributed by atoms with E-state index in [1.165, 1.54) is 22.3 Å². The molecule has 4 heterocycles. The summed E-state index contributed by atoms with van der Waals surface area (Å²) in [4.78, 5) is 26.1. The number of hydrogen-bond donors (Lipinski definition) is 2. The quantitative estimate of drug-likeness (QED) is 0.406. The third-order valence-corrected chi connectivity index (χ3v) is 8.22. The zero-order valence-electron chi connectivity index (χ0n) is 22.7. The fourth-order valence-electron chi connectivity index (χ4n) is 5.72. The average Bonchev–Trinajstić information content (AvgIpc) is 3.59. The van der Waals surface area contributed by atoms with Crippen molar-refractivity contribution in [2.24, 2.45) is 0 Å². The van der Waals surface area contributed by atoms with Crippen LogP contribution < -0.4 is 5.32 Å². The number of hydrogen-bond acceptors (Lipinski definition) is 6. The molecule has 2 N–H and O–H groups in total. The minimum Gasteiger partial charge on any atom is -0.343 e. The van der Waals surface area contributed by atoms with E-state index in [0.29, 0.717) is 41.3 Å². The first kappa shape index (κ1) is 26.6. The number of carbonyl (C=O) groups is 1. The number of H-pyrrole nitrogens is 1. The SMILES string of the molecule is Cc1cc(Nc2nc(Cc3cc(C)c(C4CCN(CCC(=O)N5CCCC5)CC4)cc3C)ncc2Cl)n[nH]1. The second-order valence-corrected chi connectivity index (χ2v) is 11.2. The standard InChI is InChI=1S/C29H38ClN7O/c1-19-15-24(22-6-11-36(12-7-22)13-8-28(38)37-9-4-5-10-37)20(2)14-23(19)17-26-31-18-25(30)29(32-26)33-27-16-21(3)34-35-27/h14-16,18,22H,4-13,17H2,1-3H3,(H2,31,32,33,34,35). The maximum Gasteiger partial charge on any atom is 0.223 e. The lowest BCUT2D eigenvalue weighted by molar-refractivity contribution is -0.130. The van der Waals surface area contributed by atoms with E-state index in [1.54, 1.807) is 6.20 Å². The number of aryl methyl sites for hydroxylation is 3. The van der Waals surface area contributed by atoms with Gasteiger partial charge in [0, 0.05) is 44.2 Å². The first-order valence-corrected chi connectivity index (χ1v) is 14.1. The first-order chi connectivity index (χ1) is 18.4.